The van der Waals surface area contributed by atoms with Gasteiger partial charge in [-0.1, -0.05) is 24.3 Å². The number of thiophene rings is 2. The van der Waals surface area contributed by atoms with Crippen molar-refractivity contribution in [1.29, 1.82) is 0 Å². The number of ether oxygens (including phenoxy) is 2. The topological polar surface area (TPSA) is 229 Å². The number of piperidine rings is 1. The molecule has 7 heterocycles. The molecule has 3 saturated heterocycles. The van der Waals surface area contributed by atoms with Crippen LogP contribution in [0.3, 0.4) is 0 Å². The highest BCUT2D eigenvalue weighted by Crippen LogP contribution is 2.52. The van der Waals surface area contributed by atoms with Gasteiger partial charge in [-0.25, -0.2) is 4.79 Å². The Hall–Kier alpha value is -4.76. The molecule has 2 bridgehead atoms. The zero-order chi connectivity index (χ0) is 35.2. The van der Waals surface area contributed by atoms with E-state index in [0.29, 0.717) is 56.9 Å². The molecule has 3 aliphatic heterocycles. The molecule has 276 valence electrons. The van der Waals surface area contributed by atoms with Crippen LogP contribution in [0.2, 0.25) is 0 Å². The lowest BCUT2D eigenvalue weighted by Gasteiger charge is -2.45. The summed E-state index contributed by atoms with van der Waals surface area (Å²) in [5, 5.41) is 45.3. The van der Waals surface area contributed by atoms with E-state index in [-0.39, 0.29) is 34.5 Å². The molecule has 2 aromatic carbocycles. The third-order valence-electron chi connectivity index (χ3n) is 9.86. The van der Waals surface area contributed by atoms with Crippen LogP contribution in [0.1, 0.15) is 33.0 Å². The number of tetrazole rings is 2. The Morgan fingerprint density at radius 3 is 1.81 bits per heavy atom. The molecular weight excluding hydrogens is 788 g/mol. The summed E-state index contributed by atoms with van der Waals surface area (Å²) >= 11 is 2.74. The Balaban J connectivity index is 0.000000175. The van der Waals surface area contributed by atoms with Crippen LogP contribution >= 0.6 is 22.7 Å². The van der Waals surface area contributed by atoms with Crippen LogP contribution in [0.5, 0.6) is 0 Å². The summed E-state index contributed by atoms with van der Waals surface area (Å²) in [7, 11) is 4.49. The molecule has 0 spiro atoms. The summed E-state index contributed by atoms with van der Waals surface area (Å²) in [6.07, 6.45) is 2.05. The molecule has 19 heteroatoms. The lowest BCUT2D eigenvalue weighted by Crippen LogP contribution is -3.00. The number of nitrogens with one attached hydrogen (secondary N) is 3. The van der Waals surface area contributed by atoms with E-state index in [1.807, 2.05) is 22.9 Å². The van der Waals surface area contributed by atoms with Gasteiger partial charge < -0.3 is 46.8 Å². The number of hydrogen-bond acceptors (Lipinski definition) is 13. The molecule has 16 nitrogen and oxygen atoms in total. The van der Waals surface area contributed by atoms with Crippen molar-refractivity contribution >= 4 is 40.2 Å². The quantitative estimate of drug-likeness (QED) is 0.0895. The molecule has 0 aliphatic carbocycles. The number of likely N-dealkylation sites (N-methyl/N-ethyl adjacent to an activating group) is 1. The molecule has 0 radical (unpaired) electrons. The van der Waals surface area contributed by atoms with Crippen molar-refractivity contribution in [2.24, 2.45) is 0 Å². The maximum Gasteiger partial charge on any atom is 0.349 e. The van der Waals surface area contributed by atoms with E-state index in [0.717, 1.165) is 28.5 Å². The highest BCUT2D eigenvalue weighted by Gasteiger charge is 2.71. The zero-order valence-electron chi connectivity index (χ0n) is 28.3. The molecule has 4 aromatic heterocycles. The van der Waals surface area contributed by atoms with Gasteiger partial charge in [0.2, 0.25) is 17.2 Å². The first-order valence-corrected chi connectivity index (χ1v) is 18.0. The fraction of sp³-hybridized carbons (Fsp3) is 0.294. The van der Waals surface area contributed by atoms with Gasteiger partial charge in [-0.2, -0.15) is 10.4 Å². The molecule has 6 aromatic rings. The van der Waals surface area contributed by atoms with Gasteiger partial charge in [0.25, 0.3) is 5.91 Å². The molecular formula is C34H35BrN10O6S2. The van der Waals surface area contributed by atoms with Crippen molar-refractivity contribution in [2.75, 3.05) is 19.4 Å². The third-order valence-corrected chi connectivity index (χ3v) is 11.8. The van der Waals surface area contributed by atoms with Crippen LogP contribution < -0.4 is 22.3 Å². The van der Waals surface area contributed by atoms with E-state index in [2.05, 4.69) is 60.7 Å². The summed E-state index contributed by atoms with van der Waals surface area (Å²) in [6, 6.07) is 22.1. The first-order valence-electron chi connectivity index (χ1n) is 16.2. The van der Waals surface area contributed by atoms with Crippen LogP contribution in [0, 0.1) is 0 Å². The molecule has 9 rings (SSSR count). The van der Waals surface area contributed by atoms with E-state index in [1.54, 1.807) is 60.7 Å². The fourth-order valence-corrected chi connectivity index (χ4v) is 8.79. The molecule has 3 fully saturated rings. The van der Waals surface area contributed by atoms with Crippen LogP contribution in [0.4, 0.5) is 5.69 Å². The number of rotatable bonds is 8. The standard InChI is InChI=1S/C19H22NO4S2.C15H11N9O.BrH.H2O/c1-20(2)12-9-11(10-13(20)17-16(12)24-17)23-18(21)19(22,14-5-3-7-25-14)15-6-4-8-26-15;25-15(11-3-1-9(2-4-11)13-17-21-22-18-13)16-12-7-5-10(6-8-12)14-19-23-24-20-14;;/h3-8,11-13,16-17,22H,9-10H2,1-2H3;1-8H,(H,16,25)(H,17,18,21,22)(H,19,20,23,24);1H;1H2/q+1;;;/p-1/t11?,12-,13+,16-,17+;;;. The number of epoxide rings is 1. The first-order chi connectivity index (χ1) is 24.7. The van der Waals surface area contributed by atoms with E-state index < -0.39 is 11.6 Å². The number of hydrogen-bond donors (Lipinski definition) is 4. The number of H-pyrrole nitrogens is 2. The number of nitrogens with zero attached hydrogens (tertiary/aromatic N) is 7. The largest absolute Gasteiger partial charge is 1.00 e. The van der Waals surface area contributed by atoms with Crippen LogP contribution in [-0.4, -0.2) is 113 Å². The lowest BCUT2D eigenvalue weighted by atomic mass is 9.95. The molecule has 0 saturated carbocycles. The number of aliphatic hydroxyl groups is 1. The Morgan fingerprint density at radius 2 is 1.36 bits per heavy atom. The smallest absolute Gasteiger partial charge is 0.349 e. The van der Waals surface area contributed by atoms with Crippen molar-refractivity contribution in [1.82, 2.24) is 41.2 Å². The number of morpholine rings is 1. The normalized spacial score (nSPS) is 21.8. The maximum atomic E-state index is 13.1. The maximum absolute atomic E-state index is 13.1. The second kappa shape index (κ2) is 15.3. The number of amides is 1. The summed E-state index contributed by atoms with van der Waals surface area (Å²) in [4.78, 5) is 26.7. The first kappa shape index (κ1) is 38.0. The highest BCUT2D eigenvalue weighted by molar-refractivity contribution is 7.12. The predicted molar refractivity (Wildman–Crippen MR) is 190 cm³/mol. The van der Waals surface area contributed by atoms with Crippen molar-refractivity contribution in [3.8, 4) is 22.8 Å². The van der Waals surface area contributed by atoms with E-state index in [9.17, 15) is 14.7 Å². The second-order valence-corrected chi connectivity index (χ2v) is 15.0. The van der Waals surface area contributed by atoms with Crippen LogP contribution in [-0.2, 0) is 19.9 Å². The Labute approximate surface area is 321 Å². The number of carbonyl (C=O) groups is 2. The summed E-state index contributed by atoms with van der Waals surface area (Å²) in [5.74, 6) is 0.194. The number of esters is 1. The van der Waals surface area contributed by atoms with Gasteiger partial charge in [-0.3, -0.25) is 4.79 Å². The molecule has 6 N–H and O–H groups in total. The van der Waals surface area contributed by atoms with Crippen molar-refractivity contribution in [3.63, 3.8) is 0 Å². The Kier molecular flexibility index (Phi) is 11.0. The van der Waals surface area contributed by atoms with Gasteiger partial charge in [0.1, 0.15) is 30.4 Å². The van der Waals surface area contributed by atoms with Gasteiger partial charge in [-0.05, 0) is 69.7 Å². The van der Waals surface area contributed by atoms with Gasteiger partial charge in [-0.15, -0.1) is 43.1 Å². The average Bonchev–Trinajstić information content (AvgIpc) is 3.83. The highest BCUT2D eigenvalue weighted by atomic mass is 79.9. The number of aromatic nitrogens is 8. The summed E-state index contributed by atoms with van der Waals surface area (Å²) in [5.41, 5.74) is 1.04. The van der Waals surface area contributed by atoms with Gasteiger partial charge >= 0.3 is 5.97 Å². The number of aromatic amines is 2. The van der Waals surface area contributed by atoms with Crippen molar-refractivity contribution in [3.05, 3.63) is 98.9 Å². The Bertz CT molecular complexity index is 2050. The number of halogens is 1. The zero-order valence-corrected chi connectivity index (χ0v) is 31.5. The molecule has 53 heavy (non-hydrogen) atoms. The fourth-order valence-electron chi connectivity index (χ4n) is 7.07. The number of quaternary nitrogens is 1. The summed E-state index contributed by atoms with van der Waals surface area (Å²) < 4.78 is 12.6. The third kappa shape index (κ3) is 7.28. The minimum Gasteiger partial charge on any atom is -1.00 e. The lowest BCUT2D eigenvalue weighted by molar-refractivity contribution is -0.938. The SMILES string of the molecule is C[N+]1(C)[C@@H]2CC(OC(=O)C(O)(c3cccs3)c3cccs3)C[C@H]1[C@@H]1O[C@@H]12.O.O=C(Nc1ccc(-c2nn[nH]n2)cc1)c1ccc(-c2nn[nH]n2)cc1.[Br-]. The molecule has 3 aliphatic rings. The minimum absolute atomic E-state index is 0. The van der Waals surface area contributed by atoms with E-state index in [4.69, 9.17) is 9.47 Å². The predicted octanol–water partition coefficient (Wildman–Crippen LogP) is -0.176. The van der Waals surface area contributed by atoms with Gasteiger partial charge in [0.05, 0.1) is 23.8 Å². The van der Waals surface area contributed by atoms with Gasteiger partial charge in [0.15, 0.2) is 0 Å². The summed E-state index contributed by atoms with van der Waals surface area (Å²) in [6.45, 7) is 0. The number of fused-ring (bicyclic) bond motifs is 5. The van der Waals surface area contributed by atoms with E-state index in [1.165, 1.54) is 22.7 Å². The number of benzene rings is 2. The molecule has 1 unspecified atom stereocenters. The van der Waals surface area contributed by atoms with Crippen LogP contribution in [0.25, 0.3) is 22.8 Å². The van der Waals surface area contributed by atoms with Crippen molar-refractivity contribution < 1.29 is 51.1 Å². The molecule has 1 amide bonds. The van der Waals surface area contributed by atoms with E-state index >= 15 is 0 Å². The van der Waals surface area contributed by atoms with Gasteiger partial charge in [0, 0.05) is 35.2 Å². The second-order valence-electron chi connectivity index (χ2n) is 13.1. The monoisotopic (exact) mass is 822 g/mol. The van der Waals surface area contributed by atoms with Crippen molar-refractivity contribution in [2.45, 2.75) is 48.8 Å². The minimum atomic E-state index is -1.72. The molecule has 5 atom stereocenters. The number of carbonyl (C=O) groups excluding carboxylic acids is 2. The number of anilines is 1. The average molecular weight is 824 g/mol. The Morgan fingerprint density at radius 1 is 0.849 bits per heavy atom. The van der Waals surface area contributed by atoms with Crippen LogP contribution in [0.15, 0.2) is 83.6 Å².